The topological polar surface area (TPSA) is 108 Å². The zero-order valence-electron chi connectivity index (χ0n) is 11.0. The number of furan rings is 1. The van der Waals surface area contributed by atoms with Gasteiger partial charge >= 0.3 is 5.97 Å². The van der Waals surface area contributed by atoms with Crippen LogP contribution in [-0.2, 0) is 4.79 Å². The first-order chi connectivity index (χ1) is 10.0. The lowest BCUT2D eigenvalue weighted by Gasteiger charge is -2.00. The number of carbonyl (C=O) groups is 2. The van der Waals surface area contributed by atoms with E-state index in [1.54, 1.807) is 24.3 Å². The number of anilines is 1. The molecule has 0 spiro atoms. The molecule has 0 fully saturated rings. The highest BCUT2D eigenvalue weighted by molar-refractivity contribution is 6.00. The predicted molar refractivity (Wildman–Crippen MR) is 75.1 cm³/mol. The number of carbonyl (C=O) groups excluding carboxylic acids is 1. The highest BCUT2D eigenvalue weighted by atomic mass is 16.4. The van der Waals surface area contributed by atoms with E-state index in [9.17, 15) is 9.59 Å². The predicted octanol–water partition coefficient (Wildman–Crippen LogP) is 2.48. The lowest BCUT2D eigenvalue weighted by Crippen LogP contribution is -2.06. The van der Waals surface area contributed by atoms with Gasteiger partial charge in [-0.25, -0.2) is 4.79 Å². The molecule has 7 heteroatoms. The summed E-state index contributed by atoms with van der Waals surface area (Å²) in [5.74, 6) is -0.613. The molecule has 3 N–H and O–H groups in total. The number of carboxylic acid groups (broad SMARTS) is 1. The van der Waals surface area contributed by atoms with Crippen molar-refractivity contribution in [2.75, 3.05) is 5.32 Å². The van der Waals surface area contributed by atoms with E-state index in [4.69, 9.17) is 9.52 Å². The van der Waals surface area contributed by atoms with E-state index in [2.05, 4.69) is 15.5 Å². The van der Waals surface area contributed by atoms with E-state index in [0.29, 0.717) is 17.1 Å². The summed E-state index contributed by atoms with van der Waals surface area (Å²) in [6, 6.07) is 8.32. The van der Waals surface area contributed by atoms with Crippen LogP contribution in [0.25, 0.3) is 22.2 Å². The number of hydrogen-bond donors (Lipinski definition) is 3. The van der Waals surface area contributed by atoms with E-state index in [0.717, 1.165) is 10.9 Å². The summed E-state index contributed by atoms with van der Waals surface area (Å²) < 4.78 is 5.26. The van der Waals surface area contributed by atoms with Crippen molar-refractivity contribution in [3.05, 3.63) is 36.1 Å². The smallest absolute Gasteiger partial charge is 0.371 e. The molecule has 2 heterocycles. The summed E-state index contributed by atoms with van der Waals surface area (Å²) >= 11 is 0. The minimum Gasteiger partial charge on any atom is -0.475 e. The van der Waals surface area contributed by atoms with Crippen LogP contribution in [0.4, 0.5) is 5.82 Å². The Hall–Kier alpha value is -3.09. The standard InChI is InChI=1S/C14H11N3O4/c1-7(18)15-13-9-6-8(2-3-10(9)16-17-13)11-4-5-12(21-11)14(19)20/h2-6H,1H3,(H,19,20)(H2,15,16,17,18). The fraction of sp³-hybridized carbons (Fsp3) is 0.0714. The Morgan fingerprint density at radius 3 is 2.76 bits per heavy atom. The SMILES string of the molecule is CC(=O)Nc1n[nH]c2ccc(-c3ccc(C(=O)O)o3)cc12. The molecule has 21 heavy (non-hydrogen) atoms. The Bertz CT molecular complexity index is 847. The van der Waals surface area contributed by atoms with E-state index >= 15 is 0 Å². The van der Waals surface area contributed by atoms with Crippen LogP contribution >= 0.6 is 0 Å². The fourth-order valence-corrected chi connectivity index (χ4v) is 2.04. The Kier molecular flexibility index (Phi) is 2.94. The Morgan fingerprint density at radius 2 is 2.10 bits per heavy atom. The number of aromatic amines is 1. The maximum absolute atomic E-state index is 11.1. The summed E-state index contributed by atoms with van der Waals surface area (Å²) in [6.07, 6.45) is 0. The molecular formula is C14H11N3O4. The largest absolute Gasteiger partial charge is 0.475 e. The van der Waals surface area contributed by atoms with Crippen molar-refractivity contribution in [3.8, 4) is 11.3 Å². The second-order valence-electron chi connectivity index (χ2n) is 4.48. The molecule has 0 aliphatic heterocycles. The quantitative estimate of drug-likeness (QED) is 0.685. The average Bonchev–Trinajstić information content (AvgIpc) is 3.05. The van der Waals surface area contributed by atoms with Gasteiger partial charge in [-0.05, 0) is 30.3 Å². The van der Waals surface area contributed by atoms with Crippen LogP contribution in [0.2, 0.25) is 0 Å². The van der Waals surface area contributed by atoms with Crippen LogP contribution < -0.4 is 5.32 Å². The van der Waals surface area contributed by atoms with Crippen LogP contribution in [-0.4, -0.2) is 27.2 Å². The summed E-state index contributed by atoms with van der Waals surface area (Å²) in [4.78, 5) is 22.0. The number of hydrogen-bond acceptors (Lipinski definition) is 4. The molecule has 3 aromatic rings. The van der Waals surface area contributed by atoms with Crippen molar-refractivity contribution in [1.29, 1.82) is 0 Å². The molecule has 1 amide bonds. The lowest BCUT2D eigenvalue weighted by molar-refractivity contribution is -0.114. The van der Waals surface area contributed by atoms with Crippen molar-refractivity contribution in [2.24, 2.45) is 0 Å². The molecule has 0 bridgehead atoms. The molecule has 0 radical (unpaired) electrons. The van der Waals surface area contributed by atoms with Gasteiger partial charge < -0.3 is 14.8 Å². The Balaban J connectivity index is 2.06. The maximum Gasteiger partial charge on any atom is 0.371 e. The Morgan fingerprint density at radius 1 is 1.29 bits per heavy atom. The van der Waals surface area contributed by atoms with Gasteiger partial charge in [0.15, 0.2) is 5.82 Å². The van der Waals surface area contributed by atoms with Crippen molar-refractivity contribution >= 4 is 28.6 Å². The number of H-pyrrole nitrogens is 1. The van der Waals surface area contributed by atoms with E-state index < -0.39 is 5.97 Å². The van der Waals surface area contributed by atoms with Gasteiger partial charge in [-0.3, -0.25) is 9.89 Å². The highest BCUT2D eigenvalue weighted by Gasteiger charge is 2.13. The average molecular weight is 285 g/mol. The van der Waals surface area contributed by atoms with Crippen molar-refractivity contribution in [3.63, 3.8) is 0 Å². The molecule has 0 saturated carbocycles. The summed E-state index contributed by atoms with van der Waals surface area (Å²) in [7, 11) is 0. The lowest BCUT2D eigenvalue weighted by atomic mass is 10.1. The second kappa shape index (κ2) is 4.78. The van der Waals surface area contributed by atoms with E-state index in [-0.39, 0.29) is 11.7 Å². The molecule has 3 rings (SSSR count). The molecular weight excluding hydrogens is 274 g/mol. The normalized spacial score (nSPS) is 10.7. The Labute approximate surface area is 118 Å². The molecule has 1 aromatic carbocycles. The number of nitrogens with zero attached hydrogens (tertiary/aromatic N) is 1. The number of aromatic carboxylic acids is 1. The summed E-state index contributed by atoms with van der Waals surface area (Å²) in [5, 5.41) is 19.0. The van der Waals surface area contributed by atoms with Crippen LogP contribution in [0, 0.1) is 0 Å². The first kappa shape index (κ1) is 12.9. The number of carboxylic acids is 1. The number of nitrogens with one attached hydrogen (secondary N) is 2. The zero-order valence-corrected chi connectivity index (χ0v) is 11.0. The summed E-state index contributed by atoms with van der Waals surface area (Å²) in [6.45, 7) is 1.40. The van der Waals surface area contributed by atoms with Gasteiger partial charge in [0, 0.05) is 17.9 Å². The van der Waals surface area contributed by atoms with Gasteiger partial charge in [0.2, 0.25) is 11.7 Å². The fourth-order valence-electron chi connectivity index (χ4n) is 2.04. The van der Waals surface area contributed by atoms with Crippen LogP contribution in [0.3, 0.4) is 0 Å². The molecule has 0 aliphatic carbocycles. The monoisotopic (exact) mass is 285 g/mol. The van der Waals surface area contributed by atoms with E-state index in [1.165, 1.54) is 13.0 Å². The van der Waals surface area contributed by atoms with Gasteiger partial charge in [-0.2, -0.15) is 5.10 Å². The van der Waals surface area contributed by atoms with Crippen molar-refractivity contribution in [1.82, 2.24) is 10.2 Å². The molecule has 106 valence electrons. The molecule has 0 saturated heterocycles. The maximum atomic E-state index is 11.1. The number of amides is 1. The van der Waals surface area contributed by atoms with Crippen molar-refractivity contribution < 1.29 is 19.1 Å². The summed E-state index contributed by atoms with van der Waals surface area (Å²) in [5.41, 5.74) is 1.45. The third-order valence-corrected chi connectivity index (χ3v) is 2.96. The zero-order chi connectivity index (χ0) is 15.0. The second-order valence-corrected chi connectivity index (χ2v) is 4.48. The molecule has 0 aliphatic rings. The van der Waals surface area contributed by atoms with E-state index in [1.807, 2.05) is 0 Å². The number of fused-ring (bicyclic) bond motifs is 1. The molecule has 7 nitrogen and oxygen atoms in total. The van der Waals surface area contributed by atoms with Gasteiger partial charge in [-0.1, -0.05) is 0 Å². The van der Waals surface area contributed by atoms with Crippen LogP contribution in [0.5, 0.6) is 0 Å². The molecule has 0 atom stereocenters. The third kappa shape index (κ3) is 2.36. The number of aromatic nitrogens is 2. The molecule has 2 aromatic heterocycles. The first-order valence-electron chi connectivity index (χ1n) is 6.14. The third-order valence-electron chi connectivity index (χ3n) is 2.96. The minimum atomic E-state index is -1.12. The van der Waals surface area contributed by atoms with Gasteiger partial charge in [0.1, 0.15) is 5.76 Å². The highest BCUT2D eigenvalue weighted by Crippen LogP contribution is 2.28. The van der Waals surface area contributed by atoms with Gasteiger partial charge in [0.05, 0.1) is 5.52 Å². The van der Waals surface area contributed by atoms with Gasteiger partial charge in [-0.15, -0.1) is 0 Å². The molecule has 0 unspecified atom stereocenters. The first-order valence-corrected chi connectivity index (χ1v) is 6.14. The van der Waals surface area contributed by atoms with Gasteiger partial charge in [0.25, 0.3) is 0 Å². The van der Waals surface area contributed by atoms with Crippen LogP contribution in [0.15, 0.2) is 34.7 Å². The van der Waals surface area contributed by atoms with Crippen LogP contribution in [0.1, 0.15) is 17.5 Å². The number of benzene rings is 1. The minimum absolute atomic E-state index is 0.126. The number of rotatable bonds is 3. The van der Waals surface area contributed by atoms with Crippen molar-refractivity contribution in [2.45, 2.75) is 6.92 Å².